The van der Waals surface area contributed by atoms with Crippen LogP contribution in [0, 0.1) is 0 Å². The average molecular weight is 242 g/mol. The van der Waals surface area contributed by atoms with E-state index in [0.29, 0.717) is 12.3 Å². The van der Waals surface area contributed by atoms with E-state index in [0.717, 1.165) is 39.1 Å². The summed E-state index contributed by atoms with van der Waals surface area (Å²) in [5.41, 5.74) is 0. The van der Waals surface area contributed by atoms with Crippen LogP contribution in [0.5, 0.6) is 0 Å². The van der Waals surface area contributed by atoms with Gasteiger partial charge in [0.05, 0.1) is 6.61 Å². The van der Waals surface area contributed by atoms with Crippen molar-refractivity contribution in [2.75, 3.05) is 39.3 Å². The molecule has 1 fully saturated rings. The molecule has 1 N–H and O–H groups in total. The molecule has 1 amide bonds. The van der Waals surface area contributed by atoms with Crippen molar-refractivity contribution in [3.63, 3.8) is 0 Å². The molecule has 0 atom stereocenters. The van der Waals surface area contributed by atoms with Gasteiger partial charge in [0.25, 0.3) is 0 Å². The molecule has 1 aliphatic rings. The molecule has 0 saturated carbocycles. The van der Waals surface area contributed by atoms with E-state index in [1.165, 1.54) is 19.3 Å². The van der Waals surface area contributed by atoms with Crippen molar-refractivity contribution in [1.29, 1.82) is 0 Å². The summed E-state index contributed by atoms with van der Waals surface area (Å²) in [6.45, 7) is 6.59. The number of unbranched alkanes of at least 4 members (excludes halogenated alkanes) is 3. The molecular formula is C13H26N2O2. The third-order valence-corrected chi connectivity index (χ3v) is 3.39. The van der Waals surface area contributed by atoms with Crippen molar-refractivity contribution in [3.8, 4) is 0 Å². The monoisotopic (exact) mass is 242 g/mol. The van der Waals surface area contributed by atoms with E-state index < -0.39 is 0 Å². The molecule has 4 nitrogen and oxygen atoms in total. The molecule has 17 heavy (non-hydrogen) atoms. The Labute approximate surface area is 105 Å². The van der Waals surface area contributed by atoms with E-state index in [1.54, 1.807) is 0 Å². The molecule has 4 heteroatoms. The second-order valence-corrected chi connectivity index (χ2v) is 4.76. The van der Waals surface area contributed by atoms with Gasteiger partial charge in [0.1, 0.15) is 0 Å². The minimum absolute atomic E-state index is 0.213. The Morgan fingerprint density at radius 2 is 1.82 bits per heavy atom. The molecule has 0 aromatic carbocycles. The quantitative estimate of drug-likeness (QED) is 0.680. The lowest BCUT2D eigenvalue weighted by atomic mass is 10.1. The van der Waals surface area contributed by atoms with Crippen molar-refractivity contribution >= 4 is 5.91 Å². The Hall–Kier alpha value is -0.610. The highest BCUT2D eigenvalue weighted by atomic mass is 16.3. The molecule has 0 unspecified atom stereocenters. The zero-order chi connectivity index (χ0) is 12.5. The molecule has 0 bridgehead atoms. The Morgan fingerprint density at radius 1 is 1.12 bits per heavy atom. The maximum Gasteiger partial charge on any atom is 0.222 e. The molecule has 0 aromatic heterocycles. The van der Waals surface area contributed by atoms with Gasteiger partial charge in [-0.15, -0.1) is 0 Å². The lowest BCUT2D eigenvalue weighted by Gasteiger charge is -2.34. The van der Waals surface area contributed by atoms with Gasteiger partial charge >= 0.3 is 0 Å². The fourth-order valence-corrected chi connectivity index (χ4v) is 2.22. The SMILES string of the molecule is CCCCCCC(=O)N1CCN(CCO)CC1. The molecule has 0 radical (unpaired) electrons. The van der Waals surface area contributed by atoms with Gasteiger partial charge in [-0.2, -0.15) is 0 Å². The van der Waals surface area contributed by atoms with Crippen molar-refractivity contribution in [2.45, 2.75) is 39.0 Å². The Kier molecular flexibility index (Phi) is 7.21. The van der Waals surface area contributed by atoms with Gasteiger partial charge in [0, 0.05) is 39.1 Å². The van der Waals surface area contributed by atoms with Crippen molar-refractivity contribution in [1.82, 2.24) is 9.80 Å². The summed E-state index contributed by atoms with van der Waals surface area (Å²) in [4.78, 5) is 16.1. The van der Waals surface area contributed by atoms with Gasteiger partial charge in [0.2, 0.25) is 5.91 Å². The van der Waals surface area contributed by atoms with Crippen LogP contribution in [0.3, 0.4) is 0 Å². The van der Waals surface area contributed by atoms with Gasteiger partial charge in [-0.1, -0.05) is 26.2 Å². The predicted octanol–water partition coefficient (Wildman–Crippen LogP) is 1.09. The number of carbonyl (C=O) groups excluding carboxylic acids is 1. The number of amides is 1. The summed E-state index contributed by atoms with van der Waals surface area (Å²) in [5, 5.41) is 8.84. The van der Waals surface area contributed by atoms with Gasteiger partial charge < -0.3 is 10.0 Å². The van der Waals surface area contributed by atoms with Crippen LogP contribution in [0.1, 0.15) is 39.0 Å². The Morgan fingerprint density at radius 3 is 2.41 bits per heavy atom. The Bertz CT molecular complexity index is 213. The number of rotatable bonds is 7. The first-order chi connectivity index (χ1) is 8.27. The van der Waals surface area contributed by atoms with Crippen molar-refractivity contribution < 1.29 is 9.90 Å². The van der Waals surface area contributed by atoms with Crippen LogP contribution in [0.4, 0.5) is 0 Å². The van der Waals surface area contributed by atoms with Crippen molar-refractivity contribution in [3.05, 3.63) is 0 Å². The molecule has 0 spiro atoms. The van der Waals surface area contributed by atoms with Gasteiger partial charge in [-0.25, -0.2) is 0 Å². The van der Waals surface area contributed by atoms with Crippen LogP contribution in [-0.4, -0.2) is 60.1 Å². The minimum Gasteiger partial charge on any atom is -0.395 e. The molecule has 1 saturated heterocycles. The smallest absolute Gasteiger partial charge is 0.222 e. The summed E-state index contributed by atoms with van der Waals surface area (Å²) in [5.74, 6) is 0.310. The maximum atomic E-state index is 11.9. The highest BCUT2D eigenvalue weighted by Crippen LogP contribution is 2.08. The van der Waals surface area contributed by atoms with E-state index in [-0.39, 0.29) is 6.61 Å². The number of carbonyl (C=O) groups is 1. The predicted molar refractivity (Wildman–Crippen MR) is 68.9 cm³/mol. The molecule has 1 rings (SSSR count). The number of aliphatic hydroxyl groups excluding tert-OH is 1. The van der Waals surface area contributed by atoms with Crippen LogP contribution in [0.2, 0.25) is 0 Å². The fourth-order valence-electron chi connectivity index (χ4n) is 2.22. The van der Waals surface area contributed by atoms with E-state index in [4.69, 9.17) is 5.11 Å². The van der Waals surface area contributed by atoms with E-state index in [2.05, 4.69) is 11.8 Å². The van der Waals surface area contributed by atoms with Crippen LogP contribution < -0.4 is 0 Å². The van der Waals surface area contributed by atoms with E-state index in [9.17, 15) is 4.79 Å². The number of hydrogen-bond acceptors (Lipinski definition) is 3. The first kappa shape index (κ1) is 14.5. The topological polar surface area (TPSA) is 43.8 Å². The van der Waals surface area contributed by atoms with E-state index in [1.807, 2.05) is 4.90 Å². The number of β-amino-alcohol motifs (C(OH)–C–C–N with tert-alkyl or cyclic N) is 1. The number of hydrogen-bond donors (Lipinski definition) is 1. The first-order valence-corrected chi connectivity index (χ1v) is 6.89. The van der Waals surface area contributed by atoms with Crippen LogP contribution in [0.25, 0.3) is 0 Å². The summed E-state index contributed by atoms with van der Waals surface area (Å²) in [6, 6.07) is 0. The van der Waals surface area contributed by atoms with Gasteiger partial charge in [0.15, 0.2) is 0 Å². The van der Waals surface area contributed by atoms with Crippen molar-refractivity contribution in [2.24, 2.45) is 0 Å². The molecule has 1 aliphatic heterocycles. The van der Waals surface area contributed by atoms with Crippen LogP contribution in [0.15, 0.2) is 0 Å². The van der Waals surface area contributed by atoms with Gasteiger partial charge in [-0.05, 0) is 6.42 Å². The molecule has 100 valence electrons. The molecular weight excluding hydrogens is 216 g/mol. The van der Waals surface area contributed by atoms with Gasteiger partial charge in [-0.3, -0.25) is 9.69 Å². The summed E-state index contributed by atoms with van der Waals surface area (Å²) >= 11 is 0. The third-order valence-electron chi connectivity index (χ3n) is 3.39. The molecule has 0 aliphatic carbocycles. The highest BCUT2D eigenvalue weighted by Gasteiger charge is 2.19. The largest absolute Gasteiger partial charge is 0.395 e. The number of piperazine rings is 1. The zero-order valence-electron chi connectivity index (χ0n) is 11.0. The lowest BCUT2D eigenvalue weighted by Crippen LogP contribution is -2.49. The minimum atomic E-state index is 0.213. The summed E-state index contributed by atoms with van der Waals surface area (Å²) in [6.07, 6.45) is 5.36. The average Bonchev–Trinajstić information content (AvgIpc) is 2.36. The standard InChI is InChI=1S/C13H26N2O2/c1-2-3-4-5-6-13(17)15-9-7-14(8-10-15)11-12-16/h16H,2-12H2,1H3. The number of aliphatic hydroxyl groups is 1. The highest BCUT2D eigenvalue weighted by molar-refractivity contribution is 5.76. The van der Waals surface area contributed by atoms with Crippen LogP contribution >= 0.6 is 0 Å². The third kappa shape index (κ3) is 5.50. The fraction of sp³-hybridized carbons (Fsp3) is 0.923. The normalized spacial score (nSPS) is 17.4. The first-order valence-electron chi connectivity index (χ1n) is 6.89. The van der Waals surface area contributed by atoms with E-state index >= 15 is 0 Å². The number of nitrogens with zero attached hydrogens (tertiary/aromatic N) is 2. The molecule has 1 heterocycles. The summed E-state index contributed by atoms with van der Waals surface area (Å²) < 4.78 is 0. The zero-order valence-corrected chi connectivity index (χ0v) is 11.0. The Balaban J connectivity index is 2.12. The second-order valence-electron chi connectivity index (χ2n) is 4.76. The maximum absolute atomic E-state index is 11.9. The molecule has 0 aromatic rings. The van der Waals surface area contributed by atoms with Crippen LogP contribution in [-0.2, 0) is 4.79 Å². The summed E-state index contributed by atoms with van der Waals surface area (Å²) in [7, 11) is 0. The lowest BCUT2D eigenvalue weighted by molar-refractivity contribution is -0.133. The second kappa shape index (κ2) is 8.48.